The molecule has 0 fully saturated rings. The molecule has 82 valence electrons. The van der Waals surface area contributed by atoms with Crippen LogP contribution >= 0.6 is 12.8 Å². The molecule has 0 aromatic carbocycles. The molecular formula is C8H12N4O2S. The average Bonchev–Trinajstić information content (AvgIpc) is 2.16. The molecule has 0 spiro atoms. The first-order valence-electron chi connectivity index (χ1n) is 4.27. The van der Waals surface area contributed by atoms with Crippen molar-refractivity contribution in [2.24, 2.45) is 5.73 Å². The molecule has 0 aliphatic rings. The molecule has 0 aliphatic heterocycles. The Morgan fingerprint density at radius 1 is 1.67 bits per heavy atom. The number of hydrogen-bond donors (Lipinski definition) is 2. The lowest BCUT2D eigenvalue weighted by atomic mass is 10.4. The van der Waals surface area contributed by atoms with Crippen LogP contribution in [0.25, 0.3) is 0 Å². The number of carbonyl (C=O) groups is 1. The molecule has 15 heavy (non-hydrogen) atoms. The predicted octanol–water partition coefficient (Wildman–Crippen LogP) is 0.994. The molecule has 1 aromatic rings. The minimum atomic E-state index is -0.721. The van der Waals surface area contributed by atoms with Gasteiger partial charge in [-0.25, -0.2) is 14.1 Å². The Morgan fingerprint density at radius 3 is 2.87 bits per heavy atom. The van der Waals surface area contributed by atoms with Crippen LogP contribution in [0.2, 0.25) is 0 Å². The molecule has 0 atom stereocenters. The first-order valence-corrected chi connectivity index (χ1v) is 4.67. The van der Waals surface area contributed by atoms with E-state index in [9.17, 15) is 4.79 Å². The standard InChI is InChI=1S/C8H12N4O2S/c1-5(2)14-7-6(3-10-4-11-7)12(15)8(9)13/h3-5,15H,1-2H3,(H2,9,13). The van der Waals surface area contributed by atoms with Crippen LogP contribution in [0.1, 0.15) is 13.8 Å². The minimum Gasteiger partial charge on any atom is -0.473 e. The lowest BCUT2D eigenvalue weighted by Gasteiger charge is -2.16. The van der Waals surface area contributed by atoms with Crippen LogP contribution in [0.3, 0.4) is 0 Å². The van der Waals surface area contributed by atoms with Crippen molar-refractivity contribution in [2.75, 3.05) is 4.31 Å². The van der Waals surface area contributed by atoms with Crippen molar-refractivity contribution < 1.29 is 9.53 Å². The number of thiol groups is 1. The molecule has 6 nitrogen and oxygen atoms in total. The summed E-state index contributed by atoms with van der Waals surface area (Å²) in [4.78, 5) is 18.6. The van der Waals surface area contributed by atoms with Gasteiger partial charge < -0.3 is 10.5 Å². The van der Waals surface area contributed by atoms with Crippen LogP contribution in [0.15, 0.2) is 12.5 Å². The number of hydrogen-bond acceptors (Lipinski definition) is 5. The number of ether oxygens (including phenoxy) is 1. The monoisotopic (exact) mass is 228 g/mol. The lowest BCUT2D eigenvalue weighted by molar-refractivity contribution is 0.232. The van der Waals surface area contributed by atoms with E-state index in [1.54, 1.807) is 0 Å². The Hall–Kier alpha value is -1.50. The van der Waals surface area contributed by atoms with Gasteiger partial charge in [-0.1, -0.05) is 12.8 Å². The first-order chi connectivity index (χ1) is 7.02. The summed E-state index contributed by atoms with van der Waals surface area (Å²) in [7, 11) is 0. The van der Waals surface area contributed by atoms with E-state index in [0.717, 1.165) is 4.31 Å². The topological polar surface area (TPSA) is 81.3 Å². The van der Waals surface area contributed by atoms with Gasteiger partial charge in [0.15, 0.2) is 0 Å². The van der Waals surface area contributed by atoms with Crippen molar-refractivity contribution in [1.29, 1.82) is 0 Å². The van der Waals surface area contributed by atoms with Crippen molar-refractivity contribution in [2.45, 2.75) is 20.0 Å². The number of aromatic nitrogens is 2. The van der Waals surface area contributed by atoms with E-state index in [2.05, 4.69) is 22.8 Å². The first kappa shape index (κ1) is 11.6. The van der Waals surface area contributed by atoms with Gasteiger partial charge in [-0.15, -0.1) is 0 Å². The molecule has 2 amide bonds. The molecule has 0 radical (unpaired) electrons. The normalized spacial score (nSPS) is 10.1. The zero-order valence-corrected chi connectivity index (χ0v) is 9.31. The number of anilines is 1. The zero-order valence-electron chi connectivity index (χ0n) is 8.41. The van der Waals surface area contributed by atoms with Gasteiger partial charge in [-0.2, -0.15) is 4.98 Å². The third-order valence-electron chi connectivity index (χ3n) is 1.44. The highest BCUT2D eigenvalue weighted by Crippen LogP contribution is 2.26. The van der Waals surface area contributed by atoms with Crippen molar-refractivity contribution in [3.05, 3.63) is 12.5 Å². The van der Waals surface area contributed by atoms with Crippen LogP contribution in [-0.2, 0) is 0 Å². The molecule has 7 heteroatoms. The zero-order chi connectivity index (χ0) is 11.4. The number of carbonyl (C=O) groups excluding carboxylic acids is 1. The molecule has 1 aromatic heterocycles. The third-order valence-corrected chi connectivity index (χ3v) is 1.85. The van der Waals surface area contributed by atoms with Crippen molar-refractivity contribution in [3.8, 4) is 5.88 Å². The Balaban J connectivity index is 3.00. The van der Waals surface area contributed by atoms with E-state index in [1.165, 1.54) is 12.5 Å². The predicted molar refractivity (Wildman–Crippen MR) is 58.8 cm³/mol. The van der Waals surface area contributed by atoms with Crippen molar-refractivity contribution in [3.63, 3.8) is 0 Å². The van der Waals surface area contributed by atoms with Gasteiger partial charge in [-0.3, -0.25) is 0 Å². The Bertz CT molecular complexity index is 358. The number of nitrogens with zero attached hydrogens (tertiary/aromatic N) is 3. The maximum Gasteiger partial charge on any atom is 0.329 e. The molecule has 2 N–H and O–H groups in total. The van der Waals surface area contributed by atoms with Crippen LogP contribution in [0, 0.1) is 0 Å². The van der Waals surface area contributed by atoms with Gasteiger partial charge in [0.05, 0.1) is 12.3 Å². The molecule has 0 saturated heterocycles. The van der Waals surface area contributed by atoms with Crippen molar-refractivity contribution >= 4 is 24.5 Å². The van der Waals surface area contributed by atoms with Crippen molar-refractivity contribution in [1.82, 2.24) is 9.97 Å². The Kier molecular flexibility index (Phi) is 3.73. The lowest BCUT2D eigenvalue weighted by Crippen LogP contribution is -2.28. The summed E-state index contributed by atoms with van der Waals surface area (Å²) in [6.45, 7) is 3.69. The van der Waals surface area contributed by atoms with Crippen LogP contribution in [0.5, 0.6) is 5.88 Å². The Labute approximate surface area is 93.0 Å². The van der Waals surface area contributed by atoms with Gasteiger partial charge in [0.1, 0.15) is 12.0 Å². The smallest absolute Gasteiger partial charge is 0.329 e. The minimum absolute atomic E-state index is 0.0618. The number of amides is 2. The van der Waals surface area contributed by atoms with Crippen LogP contribution in [-0.4, -0.2) is 22.1 Å². The maximum absolute atomic E-state index is 10.9. The van der Waals surface area contributed by atoms with Crippen LogP contribution < -0.4 is 14.8 Å². The number of urea groups is 1. The highest BCUT2D eigenvalue weighted by atomic mass is 32.1. The van der Waals surface area contributed by atoms with E-state index in [-0.39, 0.29) is 12.0 Å². The highest BCUT2D eigenvalue weighted by molar-refractivity contribution is 7.82. The molecule has 0 aliphatic carbocycles. The fourth-order valence-corrected chi connectivity index (χ4v) is 1.03. The molecule has 0 bridgehead atoms. The summed E-state index contributed by atoms with van der Waals surface area (Å²) in [5, 5.41) is 0. The molecule has 1 rings (SSSR count). The van der Waals surface area contributed by atoms with Gasteiger partial charge in [0, 0.05) is 0 Å². The summed E-state index contributed by atoms with van der Waals surface area (Å²) in [6.07, 6.45) is 2.67. The second-order valence-corrected chi connectivity index (χ2v) is 3.43. The second kappa shape index (κ2) is 4.83. The third kappa shape index (κ3) is 2.98. The Morgan fingerprint density at radius 2 is 2.33 bits per heavy atom. The SMILES string of the molecule is CC(C)Oc1ncncc1N(S)C(N)=O. The maximum atomic E-state index is 10.9. The quantitative estimate of drug-likeness (QED) is 0.756. The number of rotatable bonds is 3. The fraction of sp³-hybridized carbons (Fsp3) is 0.375. The molecule has 0 saturated carbocycles. The molecule has 1 heterocycles. The van der Waals surface area contributed by atoms with Crippen LogP contribution in [0.4, 0.5) is 10.5 Å². The summed E-state index contributed by atoms with van der Waals surface area (Å²) in [5.41, 5.74) is 5.39. The molecular weight excluding hydrogens is 216 g/mol. The van der Waals surface area contributed by atoms with Gasteiger partial charge in [-0.05, 0) is 13.8 Å². The van der Waals surface area contributed by atoms with E-state index >= 15 is 0 Å². The summed E-state index contributed by atoms with van der Waals surface area (Å²) >= 11 is 3.91. The van der Waals surface area contributed by atoms with E-state index in [4.69, 9.17) is 10.5 Å². The van der Waals surface area contributed by atoms with E-state index in [0.29, 0.717) is 5.69 Å². The second-order valence-electron chi connectivity index (χ2n) is 3.03. The largest absolute Gasteiger partial charge is 0.473 e. The molecule has 0 unspecified atom stereocenters. The van der Waals surface area contributed by atoms with E-state index in [1.807, 2.05) is 13.8 Å². The average molecular weight is 228 g/mol. The summed E-state index contributed by atoms with van der Waals surface area (Å²) in [6, 6.07) is -0.721. The highest BCUT2D eigenvalue weighted by Gasteiger charge is 2.15. The summed E-state index contributed by atoms with van der Waals surface area (Å²) < 4.78 is 6.30. The number of primary amides is 1. The summed E-state index contributed by atoms with van der Waals surface area (Å²) in [5.74, 6) is 0.272. The fourth-order valence-electron chi connectivity index (χ4n) is 0.889. The van der Waals surface area contributed by atoms with Gasteiger partial charge in [0.2, 0.25) is 5.88 Å². The van der Waals surface area contributed by atoms with E-state index < -0.39 is 6.03 Å². The van der Waals surface area contributed by atoms with Gasteiger partial charge in [0.25, 0.3) is 0 Å². The van der Waals surface area contributed by atoms with Gasteiger partial charge >= 0.3 is 6.03 Å². The number of nitrogens with two attached hydrogens (primary N) is 1.